The maximum absolute atomic E-state index is 5.36. The molecule has 0 saturated carbocycles. The van der Waals surface area contributed by atoms with E-state index in [1.165, 1.54) is 17.7 Å². The molecule has 1 fully saturated rings. The zero-order valence-corrected chi connectivity index (χ0v) is 10.4. The molecule has 1 saturated heterocycles. The summed E-state index contributed by atoms with van der Waals surface area (Å²) in [6.45, 7) is 9.71. The molecule has 0 aromatic carbocycles. The summed E-state index contributed by atoms with van der Waals surface area (Å²) in [5.74, 6) is 0. The van der Waals surface area contributed by atoms with Gasteiger partial charge in [-0.25, -0.2) is 0 Å². The van der Waals surface area contributed by atoms with E-state index in [4.69, 9.17) is 4.74 Å². The van der Waals surface area contributed by atoms with E-state index in [-0.39, 0.29) is 5.41 Å². The van der Waals surface area contributed by atoms with Crippen molar-refractivity contribution in [2.24, 2.45) is 5.41 Å². The average molecular weight is 220 g/mol. The minimum atomic E-state index is 0.216. The number of hydrogen-bond donors (Lipinski definition) is 0. The van der Waals surface area contributed by atoms with Crippen LogP contribution in [0.4, 0.5) is 0 Å². The molecule has 2 aliphatic rings. The summed E-state index contributed by atoms with van der Waals surface area (Å²) >= 11 is 0. The van der Waals surface area contributed by atoms with Crippen molar-refractivity contribution in [1.29, 1.82) is 0 Å². The molecule has 1 aromatic heterocycles. The summed E-state index contributed by atoms with van der Waals surface area (Å²) in [6.07, 6.45) is 4.49. The third kappa shape index (κ3) is 1.41. The second-order valence-corrected chi connectivity index (χ2v) is 6.41. The minimum absolute atomic E-state index is 0.216. The van der Waals surface area contributed by atoms with E-state index in [1.54, 1.807) is 0 Å². The van der Waals surface area contributed by atoms with Gasteiger partial charge in [-0.05, 0) is 23.8 Å². The van der Waals surface area contributed by atoms with Gasteiger partial charge in [0.2, 0.25) is 0 Å². The molecule has 2 aliphatic heterocycles. The summed E-state index contributed by atoms with van der Waals surface area (Å²) in [5, 5.41) is 4.56. The Morgan fingerprint density at radius 3 is 2.69 bits per heavy atom. The Labute approximate surface area is 96.8 Å². The molecule has 3 rings (SSSR count). The van der Waals surface area contributed by atoms with Crippen molar-refractivity contribution in [3.63, 3.8) is 0 Å². The van der Waals surface area contributed by atoms with E-state index in [9.17, 15) is 0 Å². The highest BCUT2D eigenvalue weighted by atomic mass is 16.5. The molecule has 0 amide bonds. The van der Waals surface area contributed by atoms with Crippen LogP contribution in [0.5, 0.6) is 0 Å². The third-order valence-corrected chi connectivity index (χ3v) is 3.95. The van der Waals surface area contributed by atoms with Gasteiger partial charge in [0, 0.05) is 11.1 Å². The van der Waals surface area contributed by atoms with Gasteiger partial charge in [0.1, 0.15) is 0 Å². The molecule has 1 aromatic rings. The molecule has 88 valence electrons. The Bertz CT molecular complexity index is 410. The second kappa shape index (κ2) is 3.10. The summed E-state index contributed by atoms with van der Waals surface area (Å²) in [6, 6.07) is 0. The highest BCUT2D eigenvalue weighted by molar-refractivity contribution is 5.27. The molecule has 0 aliphatic carbocycles. The molecule has 0 radical (unpaired) electrons. The van der Waals surface area contributed by atoms with Crippen LogP contribution in [0.3, 0.4) is 0 Å². The van der Waals surface area contributed by atoms with E-state index >= 15 is 0 Å². The van der Waals surface area contributed by atoms with Gasteiger partial charge in [-0.15, -0.1) is 0 Å². The molecular weight excluding hydrogens is 200 g/mol. The van der Waals surface area contributed by atoms with Crippen molar-refractivity contribution in [3.05, 3.63) is 17.5 Å². The Hall–Kier alpha value is -0.830. The van der Waals surface area contributed by atoms with Crippen LogP contribution in [0, 0.1) is 5.41 Å². The van der Waals surface area contributed by atoms with E-state index < -0.39 is 0 Å². The van der Waals surface area contributed by atoms with Gasteiger partial charge in [0.25, 0.3) is 0 Å². The van der Waals surface area contributed by atoms with Gasteiger partial charge in [-0.3, -0.25) is 4.68 Å². The lowest BCUT2D eigenvalue weighted by Crippen LogP contribution is -2.48. The van der Waals surface area contributed by atoms with E-state index in [0.717, 1.165) is 26.2 Å². The van der Waals surface area contributed by atoms with Crippen LogP contribution >= 0.6 is 0 Å². The maximum Gasteiger partial charge on any atom is 0.0562 e. The third-order valence-electron chi connectivity index (χ3n) is 3.95. The monoisotopic (exact) mass is 220 g/mol. The number of fused-ring (bicyclic) bond motifs is 1. The molecular formula is C13H20N2O. The van der Waals surface area contributed by atoms with Crippen molar-refractivity contribution < 1.29 is 4.74 Å². The predicted molar refractivity (Wildman–Crippen MR) is 62.5 cm³/mol. The second-order valence-electron chi connectivity index (χ2n) is 6.41. The van der Waals surface area contributed by atoms with E-state index in [0.29, 0.717) is 5.41 Å². The van der Waals surface area contributed by atoms with Gasteiger partial charge in [-0.1, -0.05) is 20.8 Å². The number of ether oxygens (including phenoxy) is 1. The smallest absolute Gasteiger partial charge is 0.0562 e. The first kappa shape index (κ1) is 10.3. The molecule has 0 atom stereocenters. The fourth-order valence-electron chi connectivity index (χ4n) is 2.84. The SMILES string of the molecule is CC(C)(C)c1cnn2c1CCC1(COC1)C2. The highest BCUT2D eigenvalue weighted by Crippen LogP contribution is 2.40. The topological polar surface area (TPSA) is 27.1 Å². The van der Waals surface area contributed by atoms with E-state index in [1.807, 2.05) is 0 Å². The lowest BCUT2D eigenvalue weighted by Gasteiger charge is -2.44. The van der Waals surface area contributed by atoms with Gasteiger partial charge in [0.15, 0.2) is 0 Å². The van der Waals surface area contributed by atoms with Gasteiger partial charge in [-0.2, -0.15) is 5.10 Å². The summed E-state index contributed by atoms with van der Waals surface area (Å²) in [4.78, 5) is 0. The van der Waals surface area contributed by atoms with Crippen molar-refractivity contribution in [1.82, 2.24) is 9.78 Å². The highest BCUT2D eigenvalue weighted by Gasteiger charge is 2.42. The Kier molecular flexibility index (Phi) is 2.00. The first-order valence-electron chi connectivity index (χ1n) is 6.13. The van der Waals surface area contributed by atoms with Crippen LogP contribution in [0.15, 0.2) is 6.20 Å². The van der Waals surface area contributed by atoms with Crippen LogP contribution in [0.1, 0.15) is 38.4 Å². The van der Waals surface area contributed by atoms with Crippen molar-refractivity contribution in [2.45, 2.75) is 45.6 Å². The van der Waals surface area contributed by atoms with Crippen LogP contribution < -0.4 is 0 Å². The fraction of sp³-hybridized carbons (Fsp3) is 0.769. The molecule has 3 nitrogen and oxygen atoms in total. The summed E-state index contributed by atoms with van der Waals surface area (Å²) in [5.41, 5.74) is 3.50. The van der Waals surface area contributed by atoms with Crippen molar-refractivity contribution in [3.8, 4) is 0 Å². The Balaban J connectivity index is 1.94. The first-order chi connectivity index (χ1) is 7.50. The predicted octanol–water partition coefficient (Wildman–Crippen LogP) is 2.14. The van der Waals surface area contributed by atoms with Gasteiger partial charge >= 0.3 is 0 Å². The molecule has 0 unspecified atom stereocenters. The molecule has 0 bridgehead atoms. The van der Waals surface area contributed by atoms with Crippen molar-refractivity contribution in [2.75, 3.05) is 13.2 Å². The van der Waals surface area contributed by atoms with E-state index in [2.05, 4.69) is 36.7 Å². The number of nitrogens with zero attached hydrogens (tertiary/aromatic N) is 2. The lowest BCUT2D eigenvalue weighted by atomic mass is 9.76. The lowest BCUT2D eigenvalue weighted by molar-refractivity contribution is -0.133. The summed E-state index contributed by atoms with van der Waals surface area (Å²) < 4.78 is 7.58. The number of hydrogen-bond acceptors (Lipinski definition) is 2. The normalized spacial score (nSPS) is 22.9. The molecule has 1 spiro atoms. The van der Waals surface area contributed by atoms with Crippen LogP contribution in [0.2, 0.25) is 0 Å². The van der Waals surface area contributed by atoms with Gasteiger partial charge < -0.3 is 4.74 Å². The molecule has 16 heavy (non-hydrogen) atoms. The van der Waals surface area contributed by atoms with Crippen LogP contribution in [-0.4, -0.2) is 23.0 Å². The molecule has 3 heteroatoms. The zero-order chi connectivity index (χ0) is 11.4. The largest absolute Gasteiger partial charge is 0.380 e. The van der Waals surface area contributed by atoms with Crippen LogP contribution in [-0.2, 0) is 23.1 Å². The molecule has 0 N–H and O–H groups in total. The van der Waals surface area contributed by atoms with Crippen molar-refractivity contribution >= 4 is 0 Å². The Morgan fingerprint density at radius 2 is 2.12 bits per heavy atom. The van der Waals surface area contributed by atoms with Crippen LogP contribution in [0.25, 0.3) is 0 Å². The average Bonchev–Trinajstić information content (AvgIpc) is 2.56. The quantitative estimate of drug-likeness (QED) is 0.670. The zero-order valence-electron chi connectivity index (χ0n) is 10.4. The number of aromatic nitrogens is 2. The molecule has 3 heterocycles. The number of rotatable bonds is 0. The Morgan fingerprint density at radius 1 is 1.38 bits per heavy atom. The standard InChI is InChI=1S/C13H20N2O/c1-12(2,3)10-6-14-15-7-13(8-16-9-13)5-4-11(10)15/h6H,4-5,7-9H2,1-3H3. The fourth-order valence-corrected chi connectivity index (χ4v) is 2.84. The summed E-state index contributed by atoms with van der Waals surface area (Å²) in [7, 11) is 0. The minimum Gasteiger partial charge on any atom is -0.380 e. The van der Waals surface area contributed by atoms with Gasteiger partial charge in [0.05, 0.1) is 26.0 Å². The maximum atomic E-state index is 5.36. The first-order valence-corrected chi connectivity index (χ1v) is 6.13.